The van der Waals surface area contributed by atoms with Crippen molar-refractivity contribution in [1.29, 1.82) is 0 Å². The fourth-order valence-electron chi connectivity index (χ4n) is 4.55. The second-order valence-corrected chi connectivity index (χ2v) is 7.72. The Morgan fingerprint density at radius 1 is 1.11 bits per heavy atom. The lowest BCUT2D eigenvalue weighted by Crippen LogP contribution is -2.62. The second kappa shape index (κ2) is 4.68. The van der Waals surface area contributed by atoms with Gasteiger partial charge >= 0.3 is 0 Å². The summed E-state index contributed by atoms with van der Waals surface area (Å²) < 4.78 is 4.93. The van der Waals surface area contributed by atoms with Crippen molar-refractivity contribution in [3.05, 3.63) is 12.4 Å². The lowest BCUT2D eigenvalue weighted by molar-refractivity contribution is -0.653. The SMILES string of the molecule is C[n+]1ccn(C(C)(C)C)c1[B-]1C2CCCC1CCC2. The van der Waals surface area contributed by atoms with Crippen LogP contribution >= 0.6 is 0 Å². The molecule has 1 radical (unpaired) electrons. The first-order valence-electron chi connectivity index (χ1n) is 8.06. The highest BCUT2D eigenvalue weighted by molar-refractivity contribution is 6.74. The lowest BCUT2D eigenvalue weighted by Gasteiger charge is -2.50. The molecule has 3 heterocycles. The fraction of sp³-hybridized carbons (Fsp3) is 0.812. The molecule has 2 bridgehead atoms. The number of aromatic nitrogens is 2. The van der Waals surface area contributed by atoms with E-state index in [9.17, 15) is 0 Å². The quantitative estimate of drug-likeness (QED) is 0.541. The van der Waals surface area contributed by atoms with Crippen molar-refractivity contribution in [3.63, 3.8) is 0 Å². The van der Waals surface area contributed by atoms with Gasteiger partial charge in [0.15, 0.2) is 0 Å². The summed E-state index contributed by atoms with van der Waals surface area (Å²) in [5, 5.41) is 0. The van der Waals surface area contributed by atoms with Crippen molar-refractivity contribution < 1.29 is 4.57 Å². The van der Waals surface area contributed by atoms with E-state index in [1.54, 1.807) is 5.72 Å². The molecule has 0 amide bonds. The van der Waals surface area contributed by atoms with Crippen molar-refractivity contribution in [2.24, 2.45) is 7.05 Å². The van der Waals surface area contributed by atoms with Crippen LogP contribution in [0.25, 0.3) is 0 Å². The van der Waals surface area contributed by atoms with Crippen molar-refractivity contribution >= 4 is 12.4 Å². The van der Waals surface area contributed by atoms with Crippen molar-refractivity contribution in [2.75, 3.05) is 0 Å². The Morgan fingerprint density at radius 2 is 1.63 bits per heavy atom. The predicted molar refractivity (Wildman–Crippen MR) is 81.2 cm³/mol. The van der Waals surface area contributed by atoms with Gasteiger partial charge in [-0.2, -0.15) is 11.6 Å². The third-order valence-corrected chi connectivity index (χ3v) is 5.38. The molecular weight excluding hydrogens is 231 g/mol. The average molecular weight is 259 g/mol. The van der Waals surface area contributed by atoms with E-state index in [0.717, 1.165) is 18.3 Å². The summed E-state index contributed by atoms with van der Waals surface area (Å²) in [7, 11) is 2.24. The molecule has 0 N–H and O–H groups in total. The topological polar surface area (TPSA) is 8.81 Å². The summed E-state index contributed by atoms with van der Waals surface area (Å²) in [6, 6.07) is 0. The Labute approximate surface area is 118 Å². The molecule has 0 saturated carbocycles. The van der Waals surface area contributed by atoms with Gasteiger partial charge in [0.05, 0.1) is 12.6 Å². The molecular formula is C16H28BN2. The van der Waals surface area contributed by atoms with Crippen LogP contribution < -0.4 is 10.3 Å². The molecule has 0 atom stereocenters. The third kappa shape index (κ3) is 2.26. The van der Waals surface area contributed by atoms with Gasteiger partial charge in [0.2, 0.25) is 0 Å². The minimum absolute atomic E-state index is 0.197. The Balaban J connectivity index is 2.04. The smallest absolute Gasteiger partial charge is 0.126 e. The predicted octanol–water partition coefficient (Wildman–Crippen LogP) is 2.88. The zero-order chi connectivity index (χ0) is 13.6. The second-order valence-electron chi connectivity index (χ2n) is 7.72. The minimum atomic E-state index is 0.197. The first kappa shape index (κ1) is 13.3. The van der Waals surface area contributed by atoms with Gasteiger partial charge in [0.1, 0.15) is 12.4 Å². The molecule has 0 spiro atoms. The highest BCUT2D eigenvalue weighted by atomic mass is 15.2. The molecule has 105 valence electrons. The van der Waals surface area contributed by atoms with Gasteiger partial charge in [-0.15, -0.1) is 0 Å². The maximum atomic E-state index is 2.54. The van der Waals surface area contributed by atoms with Crippen molar-refractivity contribution in [3.8, 4) is 0 Å². The van der Waals surface area contributed by atoms with Crippen molar-refractivity contribution in [2.45, 2.75) is 76.5 Å². The maximum absolute atomic E-state index is 2.54. The van der Waals surface area contributed by atoms with E-state index in [4.69, 9.17) is 0 Å². The molecule has 3 heteroatoms. The van der Waals surface area contributed by atoms with Gasteiger partial charge in [-0.1, -0.05) is 38.5 Å². The van der Waals surface area contributed by atoms with E-state index in [0.29, 0.717) is 0 Å². The molecule has 1 aromatic rings. The molecule has 2 nitrogen and oxygen atoms in total. The summed E-state index contributed by atoms with van der Waals surface area (Å²) in [5.41, 5.74) is 1.78. The van der Waals surface area contributed by atoms with Gasteiger partial charge in [0, 0.05) is 12.4 Å². The summed E-state index contributed by atoms with van der Waals surface area (Å²) in [5.74, 6) is 1.88. The van der Waals surface area contributed by atoms with Crippen LogP contribution in [0, 0.1) is 0 Å². The number of aryl methyl sites for hydroxylation is 1. The molecule has 3 rings (SSSR count). The first-order chi connectivity index (χ1) is 8.98. The summed E-state index contributed by atoms with van der Waals surface area (Å²) in [6.45, 7) is 7.79. The van der Waals surface area contributed by atoms with E-state index < -0.39 is 0 Å². The molecule has 19 heavy (non-hydrogen) atoms. The van der Waals surface area contributed by atoms with Gasteiger partial charge in [-0.3, -0.25) is 9.13 Å². The lowest BCUT2D eigenvalue weighted by atomic mass is 9.26. The molecule has 0 aliphatic carbocycles. The highest BCUT2D eigenvalue weighted by Crippen LogP contribution is 2.45. The van der Waals surface area contributed by atoms with Gasteiger partial charge in [-0.05, 0) is 20.8 Å². The minimum Gasteiger partial charge on any atom is -0.277 e. The van der Waals surface area contributed by atoms with Crippen LogP contribution in [-0.4, -0.2) is 11.3 Å². The molecule has 0 aromatic carbocycles. The van der Waals surface area contributed by atoms with Gasteiger partial charge in [-0.25, -0.2) is 0 Å². The molecule has 2 aliphatic rings. The van der Waals surface area contributed by atoms with E-state index >= 15 is 0 Å². The molecule has 1 aromatic heterocycles. The van der Waals surface area contributed by atoms with Crippen LogP contribution in [0.4, 0.5) is 0 Å². The zero-order valence-corrected chi connectivity index (χ0v) is 13.0. The Bertz CT molecular complexity index is 436. The average Bonchev–Trinajstić information content (AvgIpc) is 2.69. The normalized spacial score (nSPS) is 28.6. The van der Waals surface area contributed by atoms with Crippen LogP contribution in [0.5, 0.6) is 0 Å². The Hall–Kier alpha value is -0.725. The molecule has 2 aliphatic heterocycles. The largest absolute Gasteiger partial charge is 0.277 e. The number of hydrogen-bond acceptors (Lipinski definition) is 0. The monoisotopic (exact) mass is 259 g/mol. The van der Waals surface area contributed by atoms with E-state index in [-0.39, 0.29) is 5.54 Å². The molecule has 2 fully saturated rings. The van der Waals surface area contributed by atoms with E-state index in [1.807, 2.05) is 0 Å². The Morgan fingerprint density at radius 3 is 2.11 bits per heavy atom. The standard InChI is InChI=1S/C16H28BN2/c1-16(2,3)19-12-11-18(4)15(19)17-13-7-5-8-14(17)10-6-9-13/h11-14H,5-10H2,1-4H3. The van der Waals surface area contributed by atoms with Crippen LogP contribution in [0.2, 0.25) is 11.6 Å². The summed E-state index contributed by atoms with van der Waals surface area (Å²) in [6.07, 6.45) is 13.3. The highest BCUT2D eigenvalue weighted by Gasteiger charge is 2.35. The van der Waals surface area contributed by atoms with E-state index in [1.165, 1.54) is 38.5 Å². The Kier molecular flexibility index (Phi) is 3.27. The van der Waals surface area contributed by atoms with Crippen LogP contribution in [0.3, 0.4) is 0 Å². The molecule has 0 unspecified atom stereocenters. The number of hydrogen-bond donors (Lipinski definition) is 0. The number of nitrogens with zero attached hydrogens (tertiary/aromatic N) is 2. The summed E-state index contributed by atoms with van der Waals surface area (Å²) >= 11 is 0. The van der Waals surface area contributed by atoms with Crippen molar-refractivity contribution in [1.82, 2.24) is 4.57 Å². The maximum Gasteiger partial charge on any atom is 0.126 e. The summed E-state index contributed by atoms with van der Waals surface area (Å²) in [4.78, 5) is 0. The van der Waals surface area contributed by atoms with Crippen LogP contribution in [0.1, 0.15) is 59.3 Å². The van der Waals surface area contributed by atoms with Gasteiger partial charge < -0.3 is 0 Å². The zero-order valence-electron chi connectivity index (χ0n) is 13.0. The number of fused-ring (bicyclic) bond motifs is 2. The van der Waals surface area contributed by atoms with Gasteiger partial charge in [0.25, 0.3) is 0 Å². The van der Waals surface area contributed by atoms with E-state index in [2.05, 4.69) is 49.3 Å². The number of rotatable bonds is 1. The van der Waals surface area contributed by atoms with Crippen LogP contribution in [-0.2, 0) is 12.6 Å². The van der Waals surface area contributed by atoms with Crippen LogP contribution in [0.15, 0.2) is 12.4 Å². The fourth-order valence-corrected chi connectivity index (χ4v) is 4.55. The number of imidazole rings is 1. The third-order valence-electron chi connectivity index (χ3n) is 5.38. The molecule has 2 saturated heterocycles. The first-order valence-corrected chi connectivity index (χ1v) is 8.06.